The van der Waals surface area contributed by atoms with Crippen LogP contribution in [0, 0.1) is 0 Å². The van der Waals surface area contributed by atoms with Crippen LogP contribution in [0.4, 0.5) is 0 Å². The molecule has 0 radical (unpaired) electrons. The van der Waals surface area contributed by atoms with Gasteiger partial charge in [0.15, 0.2) is 6.10 Å². The van der Waals surface area contributed by atoms with Crippen molar-refractivity contribution in [2.24, 2.45) is 0 Å². The Morgan fingerprint density at radius 3 is 0.825 bits per heavy atom. The summed E-state index contributed by atoms with van der Waals surface area (Å²) < 4.78 is 16.9. The van der Waals surface area contributed by atoms with Crippen LogP contribution in [0.3, 0.4) is 0 Å². The van der Waals surface area contributed by atoms with E-state index in [9.17, 15) is 14.4 Å². The predicted octanol–water partition coefficient (Wildman–Crippen LogP) is 23.8. The fraction of sp³-hybridized carbons (Fsp3) is 0.770. The molecule has 0 amide bonds. The fourth-order valence-electron chi connectivity index (χ4n) is 9.98. The van der Waals surface area contributed by atoms with Gasteiger partial charge < -0.3 is 14.2 Å². The van der Waals surface area contributed by atoms with Crippen LogP contribution in [0.25, 0.3) is 0 Å². The van der Waals surface area contributed by atoms with Gasteiger partial charge in [0, 0.05) is 19.3 Å². The molecule has 6 nitrogen and oxygen atoms in total. The SMILES string of the molecule is CC/C=C\C/C=C\C/C=C\C/C=C\C/C=C\C/C=C\CCCCCCC(=O)OC(COC(=O)CCCCCCC/C=C\CCC)COC(=O)CCCCCCCCCCCCCCCCCCCCCCCCCCCCCCC. The zero-order valence-electron chi connectivity index (χ0n) is 53.1. The Morgan fingerprint density at radius 2 is 0.512 bits per heavy atom. The van der Waals surface area contributed by atoms with Crippen LogP contribution in [0.15, 0.2) is 85.1 Å². The maximum atomic E-state index is 12.9. The minimum Gasteiger partial charge on any atom is -0.462 e. The Morgan fingerprint density at radius 1 is 0.263 bits per heavy atom. The Balaban J connectivity index is 4.20. The lowest BCUT2D eigenvalue weighted by atomic mass is 10.0. The molecule has 462 valence electrons. The van der Waals surface area contributed by atoms with E-state index in [4.69, 9.17) is 14.2 Å². The van der Waals surface area contributed by atoms with Crippen LogP contribution in [0.2, 0.25) is 0 Å². The van der Waals surface area contributed by atoms with Crippen LogP contribution < -0.4 is 0 Å². The third-order valence-electron chi connectivity index (χ3n) is 15.1. The lowest BCUT2D eigenvalue weighted by Gasteiger charge is -2.18. The lowest BCUT2D eigenvalue weighted by Crippen LogP contribution is -2.30. The van der Waals surface area contributed by atoms with Gasteiger partial charge >= 0.3 is 17.9 Å². The smallest absolute Gasteiger partial charge is 0.306 e. The van der Waals surface area contributed by atoms with Crippen molar-refractivity contribution >= 4 is 17.9 Å². The number of rotatable bonds is 63. The van der Waals surface area contributed by atoms with Crippen LogP contribution in [-0.4, -0.2) is 37.2 Å². The number of unbranched alkanes of at least 4 members (excludes halogenated alkanes) is 38. The van der Waals surface area contributed by atoms with Gasteiger partial charge in [-0.2, -0.15) is 0 Å². The molecule has 0 aromatic carbocycles. The average Bonchev–Trinajstić information content (AvgIpc) is 3.46. The molecule has 0 fully saturated rings. The fourth-order valence-corrected chi connectivity index (χ4v) is 9.98. The third kappa shape index (κ3) is 65.4. The van der Waals surface area contributed by atoms with E-state index in [0.717, 1.165) is 128 Å². The van der Waals surface area contributed by atoms with E-state index in [1.807, 2.05) is 0 Å². The largest absolute Gasteiger partial charge is 0.462 e. The monoisotopic (exact) mass is 1110 g/mol. The molecule has 6 heteroatoms. The average molecular weight is 1120 g/mol. The second-order valence-corrected chi connectivity index (χ2v) is 23.1. The van der Waals surface area contributed by atoms with E-state index in [1.54, 1.807) is 0 Å². The normalized spacial score (nSPS) is 12.6. The number of ether oxygens (including phenoxy) is 3. The molecule has 1 unspecified atom stereocenters. The molecule has 0 N–H and O–H groups in total. The zero-order valence-corrected chi connectivity index (χ0v) is 53.1. The molecule has 1 atom stereocenters. The summed E-state index contributed by atoms with van der Waals surface area (Å²) in [4.78, 5) is 38.3. The van der Waals surface area contributed by atoms with E-state index in [0.29, 0.717) is 19.3 Å². The van der Waals surface area contributed by atoms with Gasteiger partial charge in [-0.15, -0.1) is 0 Å². The van der Waals surface area contributed by atoms with Crippen LogP contribution in [0.1, 0.15) is 348 Å². The van der Waals surface area contributed by atoms with Crippen molar-refractivity contribution in [2.45, 2.75) is 354 Å². The summed E-state index contributed by atoms with van der Waals surface area (Å²) in [5.41, 5.74) is 0. The van der Waals surface area contributed by atoms with Gasteiger partial charge in [-0.3, -0.25) is 14.4 Å². The molecule has 0 aliphatic carbocycles. The van der Waals surface area contributed by atoms with E-state index in [2.05, 4.69) is 106 Å². The van der Waals surface area contributed by atoms with Crippen molar-refractivity contribution in [3.63, 3.8) is 0 Å². The molecule has 0 aromatic heterocycles. The van der Waals surface area contributed by atoms with E-state index < -0.39 is 6.10 Å². The number of hydrogen-bond acceptors (Lipinski definition) is 6. The highest BCUT2D eigenvalue weighted by molar-refractivity contribution is 5.71. The van der Waals surface area contributed by atoms with Crippen LogP contribution in [-0.2, 0) is 28.6 Å². The molecule has 0 saturated carbocycles. The highest BCUT2D eigenvalue weighted by Gasteiger charge is 2.19. The van der Waals surface area contributed by atoms with Gasteiger partial charge in [-0.05, 0) is 89.9 Å². The molecule has 0 aromatic rings. The quantitative estimate of drug-likeness (QED) is 0.0261. The highest BCUT2D eigenvalue weighted by Crippen LogP contribution is 2.18. The summed E-state index contributed by atoms with van der Waals surface area (Å²) >= 11 is 0. The predicted molar refractivity (Wildman–Crippen MR) is 348 cm³/mol. The molecule has 80 heavy (non-hydrogen) atoms. The number of carbonyl (C=O) groups is 3. The van der Waals surface area contributed by atoms with Gasteiger partial charge in [-0.25, -0.2) is 0 Å². The summed E-state index contributed by atoms with van der Waals surface area (Å²) in [6, 6.07) is 0. The summed E-state index contributed by atoms with van der Waals surface area (Å²) in [7, 11) is 0. The second kappa shape index (κ2) is 68.1. The minimum absolute atomic E-state index is 0.0872. The van der Waals surface area contributed by atoms with Crippen molar-refractivity contribution in [3.05, 3.63) is 85.1 Å². The maximum absolute atomic E-state index is 12.9. The first-order valence-corrected chi connectivity index (χ1v) is 34.6. The van der Waals surface area contributed by atoms with Crippen molar-refractivity contribution in [3.8, 4) is 0 Å². The molecule has 0 saturated heterocycles. The third-order valence-corrected chi connectivity index (χ3v) is 15.1. The zero-order chi connectivity index (χ0) is 57.8. The topological polar surface area (TPSA) is 78.9 Å². The van der Waals surface area contributed by atoms with Gasteiger partial charge in [-0.1, -0.05) is 324 Å². The Hall–Kier alpha value is -3.41. The molecular formula is C74H130O6. The van der Waals surface area contributed by atoms with Crippen molar-refractivity contribution in [2.75, 3.05) is 13.2 Å². The highest BCUT2D eigenvalue weighted by atomic mass is 16.6. The molecule has 0 spiro atoms. The molecular weight excluding hydrogens is 985 g/mol. The van der Waals surface area contributed by atoms with Crippen molar-refractivity contribution in [1.29, 1.82) is 0 Å². The molecule has 0 heterocycles. The Labute approximate surface area is 496 Å². The van der Waals surface area contributed by atoms with Gasteiger partial charge in [0.2, 0.25) is 0 Å². The Kier molecular flexibility index (Phi) is 65.2. The number of hydrogen-bond donors (Lipinski definition) is 0. The van der Waals surface area contributed by atoms with E-state index in [1.165, 1.54) is 180 Å². The van der Waals surface area contributed by atoms with E-state index >= 15 is 0 Å². The maximum Gasteiger partial charge on any atom is 0.306 e. The first-order chi connectivity index (χ1) is 39.5. The van der Waals surface area contributed by atoms with Crippen LogP contribution >= 0.6 is 0 Å². The van der Waals surface area contributed by atoms with Crippen molar-refractivity contribution < 1.29 is 28.6 Å². The van der Waals surface area contributed by atoms with Gasteiger partial charge in [0.05, 0.1) is 0 Å². The second-order valence-electron chi connectivity index (χ2n) is 23.1. The van der Waals surface area contributed by atoms with Crippen LogP contribution in [0.5, 0.6) is 0 Å². The first kappa shape index (κ1) is 76.6. The van der Waals surface area contributed by atoms with Gasteiger partial charge in [0.1, 0.15) is 13.2 Å². The molecule has 0 bridgehead atoms. The minimum atomic E-state index is -0.794. The number of esters is 3. The molecule has 0 rings (SSSR count). The summed E-state index contributed by atoms with van der Waals surface area (Å²) in [6.07, 6.45) is 90.6. The summed E-state index contributed by atoms with van der Waals surface area (Å²) in [5, 5.41) is 0. The standard InChI is InChI=1S/C74H130O6/c1-4-7-10-13-16-19-22-24-26-28-30-32-34-35-36-37-38-39-41-42-44-46-48-50-52-55-58-61-64-67-73(76)79-70-71(69-78-72(75)66-63-60-57-54-21-18-15-12-9-6-3)80-74(77)68-65-62-59-56-53-51-49-47-45-43-40-33-31-29-27-25-23-20-17-14-11-8-5-2/h8,11-12,15,17,20,25,27,31,33,43,45,49,51,71H,4-7,9-10,13-14,16,18-19,21-24,26,28-30,32,34-42,44,46-48,50,52-70H2,1-3H3/b11-8-,15-12-,20-17-,27-25-,33-31-,45-43-,51-49-. The summed E-state index contributed by atoms with van der Waals surface area (Å²) in [6.45, 7) is 6.48. The summed E-state index contributed by atoms with van der Waals surface area (Å²) in [5.74, 6) is -0.910. The van der Waals surface area contributed by atoms with Crippen molar-refractivity contribution in [1.82, 2.24) is 0 Å². The Bertz CT molecular complexity index is 1520. The van der Waals surface area contributed by atoms with E-state index in [-0.39, 0.29) is 31.1 Å². The first-order valence-electron chi connectivity index (χ1n) is 34.6. The number of allylic oxidation sites excluding steroid dienone is 14. The van der Waals surface area contributed by atoms with Gasteiger partial charge in [0.25, 0.3) is 0 Å². The molecule has 0 aliphatic rings. The molecule has 0 aliphatic heterocycles. The lowest BCUT2D eigenvalue weighted by molar-refractivity contribution is -0.167. The number of carbonyl (C=O) groups excluding carboxylic acids is 3.